The SMILES string of the molecule is CCOc1ccc2nc(CN(C)C(=O)OC(C)(C)C)[nH]c2c1. The highest BCUT2D eigenvalue weighted by Gasteiger charge is 2.20. The molecule has 1 aromatic heterocycles. The Morgan fingerprint density at radius 1 is 1.36 bits per heavy atom. The van der Waals surface area contributed by atoms with E-state index in [1.807, 2.05) is 45.9 Å². The molecule has 1 aromatic carbocycles. The standard InChI is InChI=1S/C16H23N3O3/c1-6-21-11-7-8-12-13(9-11)18-14(17-12)10-19(5)15(20)22-16(2,3)4/h7-9H,6,10H2,1-5H3,(H,17,18). The lowest BCUT2D eigenvalue weighted by atomic mass is 10.2. The summed E-state index contributed by atoms with van der Waals surface area (Å²) in [6, 6.07) is 5.69. The Labute approximate surface area is 130 Å². The van der Waals surface area contributed by atoms with E-state index in [4.69, 9.17) is 9.47 Å². The van der Waals surface area contributed by atoms with Crippen LogP contribution in [0.3, 0.4) is 0 Å². The minimum absolute atomic E-state index is 0.355. The van der Waals surface area contributed by atoms with Gasteiger partial charge in [-0.1, -0.05) is 0 Å². The van der Waals surface area contributed by atoms with E-state index in [0.29, 0.717) is 19.0 Å². The first-order valence-corrected chi connectivity index (χ1v) is 7.34. The molecule has 1 amide bonds. The number of nitrogens with zero attached hydrogens (tertiary/aromatic N) is 2. The first-order chi connectivity index (χ1) is 10.3. The number of amides is 1. The van der Waals surface area contributed by atoms with E-state index < -0.39 is 5.60 Å². The second-order valence-electron chi connectivity index (χ2n) is 6.13. The van der Waals surface area contributed by atoms with Gasteiger partial charge in [0.05, 0.1) is 24.2 Å². The molecule has 0 saturated heterocycles. The molecule has 0 radical (unpaired) electrons. The molecule has 6 nitrogen and oxygen atoms in total. The van der Waals surface area contributed by atoms with Crippen molar-refractivity contribution < 1.29 is 14.3 Å². The Morgan fingerprint density at radius 3 is 2.73 bits per heavy atom. The summed E-state index contributed by atoms with van der Waals surface area (Å²) in [5.74, 6) is 1.50. The Hall–Kier alpha value is -2.24. The molecule has 0 atom stereocenters. The van der Waals surface area contributed by atoms with Crippen molar-refractivity contribution in [3.63, 3.8) is 0 Å². The number of rotatable bonds is 4. The number of nitrogens with one attached hydrogen (secondary N) is 1. The predicted molar refractivity (Wildman–Crippen MR) is 85.0 cm³/mol. The highest BCUT2D eigenvalue weighted by molar-refractivity contribution is 5.77. The fourth-order valence-corrected chi connectivity index (χ4v) is 2.00. The summed E-state index contributed by atoms with van der Waals surface area (Å²) >= 11 is 0. The molecule has 0 saturated carbocycles. The van der Waals surface area contributed by atoms with Crippen LogP contribution in [0.4, 0.5) is 4.79 Å². The fourth-order valence-electron chi connectivity index (χ4n) is 2.00. The van der Waals surface area contributed by atoms with Crippen molar-refractivity contribution in [2.75, 3.05) is 13.7 Å². The minimum Gasteiger partial charge on any atom is -0.494 e. The topological polar surface area (TPSA) is 67.4 Å². The van der Waals surface area contributed by atoms with Crippen LogP contribution in [-0.2, 0) is 11.3 Å². The Morgan fingerprint density at radius 2 is 2.09 bits per heavy atom. The number of benzene rings is 1. The van der Waals surface area contributed by atoms with E-state index in [1.54, 1.807) is 7.05 Å². The second-order valence-corrected chi connectivity index (χ2v) is 6.13. The van der Waals surface area contributed by atoms with Crippen LogP contribution in [0.25, 0.3) is 11.0 Å². The third-order valence-corrected chi connectivity index (χ3v) is 2.91. The van der Waals surface area contributed by atoms with Crippen molar-refractivity contribution in [2.45, 2.75) is 39.8 Å². The van der Waals surface area contributed by atoms with Gasteiger partial charge in [-0.25, -0.2) is 9.78 Å². The van der Waals surface area contributed by atoms with Crippen LogP contribution < -0.4 is 4.74 Å². The molecule has 0 unspecified atom stereocenters. The number of hydrogen-bond acceptors (Lipinski definition) is 4. The van der Waals surface area contributed by atoms with Crippen LogP contribution in [0, 0.1) is 0 Å². The Bertz CT molecular complexity index is 658. The highest BCUT2D eigenvalue weighted by atomic mass is 16.6. The molecule has 1 N–H and O–H groups in total. The van der Waals surface area contributed by atoms with Gasteiger partial charge in [0.1, 0.15) is 17.2 Å². The van der Waals surface area contributed by atoms with Crippen molar-refractivity contribution in [1.82, 2.24) is 14.9 Å². The van der Waals surface area contributed by atoms with Gasteiger partial charge in [-0.2, -0.15) is 0 Å². The average Bonchev–Trinajstić information content (AvgIpc) is 2.78. The molecule has 0 bridgehead atoms. The van der Waals surface area contributed by atoms with Gasteiger partial charge >= 0.3 is 6.09 Å². The first kappa shape index (κ1) is 16.1. The lowest BCUT2D eigenvalue weighted by molar-refractivity contribution is 0.0281. The first-order valence-electron chi connectivity index (χ1n) is 7.34. The molecule has 1 heterocycles. The van der Waals surface area contributed by atoms with Gasteiger partial charge in [0, 0.05) is 13.1 Å². The molecule has 2 aromatic rings. The smallest absolute Gasteiger partial charge is 0.410 e. The maximum absolute atomic E-state index is 12.0. The number of aromatic amines is 1. The van der Waals surface area contributed by atoms with Crippen molar-refractivity contribution in [2.24, 2.45) is 0 Å². The van der Waals surface area contributed by atoms with Crippen LogP contribution in [-0.4, -0.2) is 40.2 Å². The van der Waals surface area contributed by atoms with E-state index in [1.165, 1.54) is 4.90 Å². The number of carbonyl (C=O) groups excluding carboxylic acids is 1. The molecule has 120 valence electrons. The molecular weight excluding hydrogens is 282 g/mol. The summed E-state index contributed by atoms with van der Waals surface area (Å²) in [5, 5.41) is 0. The average molecular weight is 305 g/mol. The van der Waals surface area contributed by atoms with Crippen molar-refractivity contribution in [1.29, 1.82) is 0 Å². The lowest BCUT2D eigenvalue weighted by Crippen LogP contribution is -2.34. The van der Waals surface area contributed by atoms with Gasteiger partial charge in [-0.3, -0.25) is 0 Å². The van der Waals surface area contributed by atoms with Crippen molar-refractivity contribution in [3.05, 3.63) is 24.0 Å². The summed E-state index contributed by atoms with van der Waals surface area (Å²) in [5.41, 5.74) is 1.22. The van der Waals surface area contributed by atoms with Gasteiger partial charge in [0.15, 0.2) is 0 Å². The van der Waals surface area contributed by atoms with Crippen LogP contribution in [0.2, 0.25) is 0 Å². The monoisotopic (exact) mass is 305 g/mol. The number of hydrogen-bond donors (Lipinski definition) is 1. The maximum atomic E-state index is 12.0. The van der Waals surface area contributed by atoms with Gasteiger partial charge in [-0.05, 0) is 39.8 Å². The molecule has 6 heteroatoms. The normalized spacial score (nSPS) is 11.5. The Balaban J connectivity index is 2.09. The van der Waals surface area contributed by atoms with Gasteiger partial charge in [-0.15, -0.1) is 0 Å². The molecular formula is C16H23N3O3. The predicted octanol–water partition coefficient (Wildman–Crippen LogP) is 3.33. The van der Waals surface area contributed by atoms with E-state index in [2.05, 4.69) is 9.97 Å². The summed E-state index contributed by atoms with van der Waals surface area (Å²) in [7, 11) is 1.69. The summed E-state index contributed by atoms with van der Waals surface area (Å²) < 4.78 is 10.8. The molecule has 22 heavy (non-hydrogen) atoms. The fraction of sp³-hybridized carbons (Fsp3) is 0.500. The number of aromatic nitrogens is 2. The molecule has 0 spiro atoms. The summed E-state index contributed by atoms with van der Waals surface area (Å²) in [6.07, 6.45) is -0.372. The van der Waals surface area contributed by atoms with E-state index in [9.17, 15) is 4.79 Å². The van der Waals surface area contributed by atoms with Crippen molar-refractivity contribution in [3.8, 4) is 5.75 Å². The maximum Gasteiger partial charge on any atom is 0.410 e. The van der Waals surface area contributed by atoms with Crippen LogP contribution >= 0.6 is 0 Å². The van der Waals surface area contributed by atoms with Gasteiger partial charge in [0.25, 0.3) is 0 Å². The zero-order chi connectivity index (χ0) is 16.3. The summed E-state index contributed by atoms with van der Waals surface area (Å²) in [6.45, 7) is 8.44. The molecule has 0 fully saturated rings. The lowest BCUT2D eigenvalue weighted by Gasteiger charge is -2.24. The number of carbonyl (C=O) groups is 1. The van der Waals surface area contributed by atoms with Crippen LogP contribution in [0.1, 0.15) is 33.5 Å². The minimum atomic E-state index is -0.508. The third-order valence-electron chi connectivity index (χ3n) is 2.91. The van der Waals surface area contributed by atoms with Gasteiger partial charge in [0.2, 0.25) is 0 Å². The zero-order valence-corrected chi connectivity index (χ0v) is 13.8. The summed E-state index contributed by atoms with van der Waals surface area (Å²) in [4.78, 5) is 21.1. The van der Waals surface area contributed by atoms with Crippen LogP contribution in [0.5, 0.6) is 5.75 Å². The molecule has 0 aliphatic rings. The third kappa shape index (κ3) is 4.13. The quantitative estimate of drug-likeness (QED) is 0.941. The van der Waals surface area contributed by atoms with Crippen molar-refractivity contribution >= 4 is 17.1 Å². The number of H-pyrrole nitrogens is 1. The highest BCUT2D eigenvalue weighted by Crippen LogP contribution is 2.20. The molecule has 0 aliphatic carbocycles. The van der Waals surface area contributed by atoms with Crippen LogP contribution in [0.15, 0.2) is 18.2 Å². The second kappa shape index (κ2) is 6.25. The number of fused-ring (bicyclic) bond motifs is 1. The number of imidazole rings is 1. The van der Waals surface area contributed by atoms with E-state index in [0.717, 1.165) is 16.8 Å². The number of ether oxygens (including phenoxy) is 2. The Kier molecular flexibility index (Phi) is 4.59. The largest absolute Gasteiger partial charge is 0.494 e. The van der Waals surface area contributed by atoms with E-state index >= 15 is 0 Å². The zero-order valence-electron chi connectivity index (χ0n) is 13.8. The van der Waals surface area contributed by atoms with E-state index in [-0.39, 0.29) is 6.09 Å². The van der Waals surface area contributed by atoms with Gasteiger partial charge < -0.3 is 19.4 Å². The molecule has 2 rings (SSSR count). The molecule has 0 aliphatic heterocycles.